The average molecular weight is 590 g/mol. The number of benzene rings is 1. The highest BCUT2D eigenvalue weighted by Crippen LogP contribution is 2.60. The second kappa shape index (κ2) is 12.2. The van der Waals surface area contributed by atoms with Crippen LogP contribution in [0.3, 0.4) is 0 Å². The molecule has 6 aliphatic rings. The average Bonchev–Trinajstić information content (AvgIpc) is 3.37. The number of allylic oxidation sites excluding steroid dienone is 2. The third-order valence-electron chi connectivity index (χ3n) is 10.2. The van der Waals surface area contributed by atoms with Gasteiger partial charge in [-0.3, -0.25) is 19.7 Å². The van der Waals surface area contributed by atoms with Crippen molar-refractivity contribution in [2.45, 2.75) is 71.3 Å². The maximum absolute atomic E-state index is 13.7. The molecule has 10 nitrogen and oxygen atoms in total. The van der Waals surface area contributed by atoms with E-state index in [0.717, 1.165) is 67.6 Å². The van der Waals surface area contributed by atoms with Crippen LogP contribution in [0.15, 0.2) is 46.2 Å². The summed E-state index contributed by atoms with van der Waals surface area (Å²) in [6.07, 6.45) is 12.1. The van der Waals surface area contributed by atoms with Gasteiger partial charge in [-0.15, -0.1) is 0 Å². The van der Waals surface area contributed by atoms with Gasteiger partial charge in [0, 0.05) is 36.3 Å². The summed E-state index contributed by atoms with van der Waals surface area (Å²) in [4.78, 5) is 40.0. The summed E-state index contributed by atoms with van der Waals surface area (Å²) in [5.74, 6) is 1.67. The lowest BCUT2D eigenvalue weighted by molar-refractivity contribution is -0.384. The Morgan fingerprint density at radius 1 is 1.05 bits per heavy atom. The van der Waals surface area contributed by atoms with Gasteiger partial charge in [0.25, 0.3) is 11.6 Å². The largest absolute Gasteiger partial charge is 0.378 e. The van der Waals surface area contributed by atoms with Gasteiger partial charge in [-0.2, -0.15) is 5.10 Å². The summed E-state index contributed by atoms with van der Waals surface area (Å²) < 4.78 is 5.58. The number of rotatable bonds is 9. The summed E-state index contributed by atoms with van der Waals surface area (Å²) in [5, 5.41) is 18.6. The lowest BCUT2D eigenvalue weighted by Crippen LogP contribution is -2.58. The molecular weight excluding hydrogens is 546 g/mol. The van der Waals surface area contributed by atoms with E-state index in [1.165, 1.54) is 31.4 Å². The lowest BCUT2D eigenvalue weighted by atomic mass is 9.49. The molecule has 0 radical (unpaired) electrons. The molecule has 1 aliphatic heterocycles. The van der Waals surface area contributed by atoms with E-state index in [4.69, 9.17) is 4.74 Å². The predicted octanol–water partition coefficient (Wildman–Crippen LogP) is 4.82. The van der Waals surface area contributed by atoms with Gasteiger partial charge in [0.1, 0.15) is 6.04 Å². The molecular formula is C33H43N5O5. The number of non-ortho nitro benzene ring substituents is 1. The molecule has 5 fully saturated rings. The molecule has 1 aromatic rings. The van der Waals surface area contributed by atoms with Gasteiger partial charge in [0.05, 0.1) is 24.4 Å². The molecule has 7 rings (SSSR count). The SMILES string of the molecule is CC(C)[C@@H](NC(=O)C12CC3CC(CC(C3)C1)C2)C(=O)N/N=C\C1=C(N2CCOCC2)C(=C/c2ccc([N+](=O)[O-])cc2)/CC1. The number of amides is 2. The minimum absolute atomic E-state index is 0.0542. The Morgan fingerprint density at radius 2 is 1.67 bits per heavy atom. The Kier molecular flexibility index (Phi) is 8.40. The van der Waals surface area contributed by atoms with E-state index in [2.05, 4.69) is 26.8 Å². The molecule has 230 valence electrons. The van der Waals surface area contributed by atoms with Crippen molar-refractivity contribution in [3.05, 3.63) is 56.8 Å². The van der Waals surface area contributed by atoms with Crippen molar-refractivity contribution in [3.63, 3.8) is 0 Å². The van der Waals surface area contributed by atoms with Crippen molar-refractivity contribution in [1.29, 1.82) is 0 Å². The Bertz CT molecular complexity index is 1310. The van der Waals surface area contributed by atoms with E-state index < -0.39 is 11.0 Å². The Hall–Kier alpha value is -3.53. The molecule has 1 heterocycles. The van der Waals surface area contributed by atoms with Gasteiger partial charge in [-0.25, -0.2) is 5.43 Å². The molecule has 4 bridgehead atoms. The first-order valence-corrected chi connectivity index (χ1v) is 15.9. The van der Waals surface area contributed by atoms with Crippen LogP contribution >= 0.6 is 0 Å². The van der Waals surface area contributed by atoms with Gasteiger partial charge in [-0.05, 0) is 110 Å². The van der Waals surface area contributed by atoms with Crippen LogP contribution in [0.2, 0.25) is 0 Å². The molecule has 1 aromatic carbocycles. The second-order valence-electron chi connectivity index (χ2n) is 13.6. The van der Waals surface area contributed by atoms with Gasteiger partial charge in [-0.1, -0.05) is 13.8 Å². The molecule has 0 spiro atoms. The third kappa shape index (κ3) is 6.25. The predicted molar refractivity (Wildman–Crippen MR) is 164 cm³/mol. The number of carbonyl (C=O) groups excluding carboxylic acids is 2. The van der Waals surface area contributed by atoms with Gasteiger partial charge < -0.3 is 15.0 Å². The summed E-state index contributed by atoms with van der Waals surface area (Å²) in [5.41, 5.74) is 6.62. The van der Waals surface area contributed by atoms with E-state index in [0.29, 0.717) is 31.0 Å². The number of hydrazone groups is 1. The van der Waals surface area contributed by atoms with Crippen molar-refractivity contribution in [1.82, 2.24) is 15.6 Å². The summed E-state index contributed by atoms with van der Waals surface area (Å²) in [6.45, 7) is 6.69. The molecule has 1 saturated heterocycles. The molecule has 10 heteroatoms. The molecule has 2 amide bonds. The van der Waals surface area contributed by atoms with Crippen molar-refractivity contribution >= 4 is 29.8 Å². The number of morpholine rings is 1. The Morgan fingerprint density at radius 3 is 2.26 bits per heavy atom. The van der Waals surface area contributed by atoms with Gasteiger partial charge >= 0.3 is 0 Å². The number of nitrogens with one attached hydrogen (secondary N) is 2. The quantitative estimate of drug-likeness (QED) is 0.242. The van der Waals surface area contributed by atoms with E-state index in [9.17, 15) is 19.7 Å². The van der Waals surface area contributed by atoms with Crippen LogP contribution in [-0.4, -0.2) is 60.2 Å². The normalized spacial score (nSPS) is 30.0. The number of ether oxygens (including phenoxy) is 1. The minimum Gasteiger partial charge on any atom is -0.378 e. The van der Waals surface area contributed by atoms with Crippen LogP contribution in [0, 0.1) is 39.2 Å². The first-order chi connectivity index (χ1) is 20.7. The number of hydrogen-bond acceptors (Lipinski definition) is 7. The van der Waals surface area contributed by atoms with E-state index in [1.54, 1.807) is 18.3 Å². The van der Waals surface area contributed by atoms with Crippen LogP contribution in [0.25, 0.3) is 6.08 Å². The van der Waals surface area contributed by atoms with Crippen molar-refractivity contribution in [2.24, 2.45) is 34.2 Å². The highest BCUT2D eigenvalue weighted by atomic mass is 16.6. The van der Waals surface area contributed by atoms with Crippen molar-refractivity contribution in [2.75, 3.05) is 26.3 Å². The van der Waals surface area contributed by atoms with Crippen LogP contribution < -0.4 is 10.7 Å². The van der Waals surface area contributed by atoms with Gasteiger partial charge in [0.15, 0.2) is 0 Å². The van der Waals surface area contributed by atoms with E-state index in [-0.39, 0.29) is 28.8 Å². The zero-order chi connectivity index (χ0) is 30.1. The highest BCUT2D eigenvalue weighted by molar-refractivity contribution is 5.91. The molecule has 0 unspecified atom stereocenters. The number of nitro benzene ring substituents is 1. The molecule has 0 aromatic heterocycles. The number of nitrogens with zero attached hydrogens (tertiary/aromatic N) is 3. The Balaban J connectivity index is 1.16. The standard InChI is InChI=1S/C33H43N5O5/c1-21(2)29(35-32(40)33-17-23-13-24(18-33)15-25(14-23)19-33)31(39)36-34-20-27-6-5-26(30(27)37-9-11-43-12-10-37)16-22-3-7-28(8-4-22)38(41)42/h3-4,7-8,16,20-21,23-25,29H,5-6,9-15,17-19H2,1-2H3,(H,35,40)(H,36,39)/b26-16+,34-20-/t23?,24?,25?,29-,33?/m1/s1. The zero-order valence-electron chi connectivity index (χ0n) is 25.2. The van der Waals surface area contributed by atoms with E-state index in [1.807, 2.05) is 13.8 Å². The smallest absolute Gasteiger partial charge is 0.269 e. The van der Waals surface area contributed by atoms with Crippen molar-refractivity contribution < 1.29 is 19.2 Å². The highest BCUT2D eigenvalue weighted by Gasteiger charge is 2.55. The number of hydrogen-bond donors (Lipinski definition) is 2. The molecule has 1 atom stereocenters. The maximum atomic E-state index is 13.7. The lowest BCUT2D eigenvalue weighted by Gasteiger charge is -2.55. The number of nitro groups is 1. The topological polar surface area (TPSA) is 126 Å². The molecule has 4 saturated carbocycles. The van der Waals surface area contributed by atoms with Crippen LogP contribution in [0.1, 0.15) is 70.8 Å². The van der Waals surface area contributed by atoms with Gasteiger partial charge in [0.2, 0.25) is 5.91 Å². The summed E-state index contributed by atoms with van der Waals surface area (Å²) >= 11 is 0. The molecule has 43 heavy (non-hydrogen) atoms. The van der Waals surface area contributed by atoms with E-state index >= 15 is 0 Å². The summed E-state index contributed by atoms with van der Waals surface area (Å²) in [6, 6.07) is 5.91. The van der Waals surface area contributed by atoms with Crippen LogP contribution in [0.5, 0.6) is 0 Å². The summed E-state index contributed by atoms with van der Waals surface area (Å²) in [7, 11) is 0. The minimum atomic E-state index is -0.647. The maximum Gasteiger partial charge on any atom is 0.269 e. The van der Waals surface area contributed by atoms with Crippen LogP contribution in [0.4, 0.5) is 5.69 Å². The Labute approximate surface area is 253 Å². The molecule has 5 aliphatic carbocycles. The molecule has 2 N–H and O–H groups in total. The monoisotopic (exact) mass is 589 g/mol. The van der Waals surface area contributed by atoms with Crippen LogP contribution in [-0.2, 0) is 14.3 Å². The van der Waals surface area contributed by atoms with Crippen molar-refractivity contribution in [3.8, 4) is 0 Å². The first-order valence-electron chi connectivity index (χ1n) is 15.9. The first kappa shape index (κ1) is 29.5. The fourth-order valence-corrected chi connectivity index (χ4v) is 8.53. The number of carbonyl (C=O) groups is 2. The zero-order valence-corrected chi connectivity index (χ0v) is 25.2. The third-order valence-corrected chi connectivity index (χ3v) is 10.2. The fourth-order valence-electron chi connectivity index (χ4n) is 8.53. The fraction of sp³-hybridized carbons (Fsp3) is 0.606. The second-order valence-corrected chi connectivity index (χ2v) is 13.6.